The minimum absolute atomic E-state index is 0.167. The summed E-state index contributed by atoms with van der Waals surface area (Å²) >= 11 is 0. The highest BCUT2D eigenvalue weighted by Crippen LogP contribution is 2.04. The van der Waals surface area contributed by atoms with E-state index in [0.717, 1.165) is 6.42 Å². The highest BCUT2D eigenvalue weighted by Gasteiger charge is 2.12. The van der Waals surface area contributed by atoms with Gasteiger partial charge in [-0.1, -0.05) is 18.2 Å². The second-order valence-corrected chi connectivity index (χ2v) is 4.04. The third kappa shape index (κ3) is 6.17. The average molecular weight is 167 g/mol. The van der Waals surface area contributed by atoms with Crippen molar-refractivity contribution in [2.24, 2.45) is 0 Å². The fraction of sp³-hybridized carbons (Fsp3) is 0.636. The zero-order valence-electron chi connectivity index (χ0n) is 8.72. The van der Waals surface area contributed by atoms with Gasteiger partial charge in [0, 0.05) is 11.6 Å². The molecule has 0 aromatic heterocycles. The number of rotatable bonds is 4. The monoisotopic (exact) mass is 167 g/mol. The molecule has 0 aliphatic carbocycles. The Balaban J connectivity index is 3.91. The maximum absolute atomic E-state index is 3.80. The van der Waals surface area contributed by atoms with Gasteiger partial charge in [-0.25, -0.2) is 0 Å². The summed E-state index contributed by atoms with van der Waals surface area (Å²) in [5, 5.41) is 3.47. The Morgan fingerprint density at radius 1 is 1.42 bits per heavy atom. The molecule has 1 N–H and O–H groups in total. The summed E-state index contributed by atoms with van der Waals surface area (Å²) < 4.78 is 0. The van der Waals surface area contributed by atoms with Crippen LogP contribution >= 0.6 is 0 Å². The van der Waals surface area contributed by atoms with Crippen molar-refractivity contribution in [1.82, 2.24) is 5.32 Å². The highest BCUT2D eigenvalue weighted by atomic mass is 15.0. The van der Waals surface area contributed by atoms with Crippen LogP contribution in [0.25, 0.3) is 0 Å². The standard InChI is InChI=1S/C11H21N/c1-6-8-9-10(7-2)12-11(3,4)5/h6-8,10,12H,2,9H2,1,3-5H3/b8-6-. The van der Waals surface area contributed by atoms with E-state index >= 15 is 0 Å². The number of hydrogen-bond donors (Lipinski definition) is 1. The van der Waals surface area contributed by atoms with Gasteiger partial charge >= 0.3 is 0 Å². The molecule has 0 radical (unpaired) electrons. The first-order valence-electron chi connectivity index (χ1n) is 4.51. The smallest absolute Gasteiger partial charge is 0.0286 e. The van der Waals surface area contributed by atoms with Crippen LogP contribution in [0.3, 0.4) is 0 Å². The lowest BCUT2D eigenvalue weighted by Gasteiger charge is -2.25. The van der Waals surface area contributed by atoms with E-state index in [-0.39, 0.29) is 5.54 Å². The van der Waals surface area contributed by atoms with Crippen molar-refractivity contribution in [3.05, 3.63) is 24.8 Å². The lowest BCUT2D eigenvalue weighted by molar-refractivity contribution is 0.392. The van der Waals surface area contributed by atoms with E-state index < -0.39 is 0 Å². The van der Waals surface area contributed by atoms with E-state index in [1.54, 1.807) is 0 Å². The van der Waals surface area contributed by atoms with Gasteiger partial charge in [0.05, 0.1) is 0 Å². The summed E-state index contributed by atoms with van der Waals surface area (Å²) in [6.45, 7) is 12.3. The molecule has 0 aliphatic rings. The Bertz CT molecular complexity index is 151. The maximum atomic E-state index is 3.80. The van der Waals surface area contributed by atoms with Crippen molar-refractivity contribution in [1.29, 1.82) is 0 Å². The first kappa shape index (κ1) is 11.4. The number of nitrogens with one attached hydrogen (secondary N) is 1. The second-order valence-electron chi connectivity index (χ2n) is 4.04. The van der Waals surface area contributed by atoms with Crippen molar-refractivity contribution < 1.29 is 0 Å². The molecule has 0 spiro atoms. The van der Waals surface area contributed by atoms with Gasteiger partial charge < -0.3 is 5.32 Å². The Hall–Kier alpha value is -0.560. The van der Waals surface area contributed by atoms with Gasteiger partial charge in [-0.05, 0) is 34.1 Å². The lowest BCUT2D eigenvalue weighted by Crippen LogP contribution is -2.42. The second kappa shape index (κ2) is 5.15. The molecule has 0 saturated heterocycles. The van der Waals surface area contributed by atoms with Gasteiger partial charge in [-0.3, -0.25) is 0 Å². The molecule has 1 unspecified atom stereocenters. The molecule has 0 aromatic rings. The first-order valence-corrected chi connectivity index (χ1v) is 4.51. The Labute approximate surface area is 76.6 Å². The normalized spacial score (nSPS) is 15.0. The largest absolute Gasteiger partial charge is 0.306 e. The van der Waals surface area contributed by atoms with Crippen LogP contribution in [0.1, 0.15) is 34.1 Å². The van der Waals surface area contributed by atoms with E-state index in [9.17, 15) is 0 Å². The molecule has 12 heavy (non-hydrogen) atoms. The summed E-state index contributed by atoms with van der Waals surface area (Å²) in [6, 6.07) is 0.390. The SMILES string of the molecule is C=CC(C/C=C\C)NC(C)(C)C. The van der Waals surface area contributed by atoms with Crippen LogP contribution in [0.2, 0.25) is 0 Å². The van der Waals surface area contributed by atoms with Gasteiger partial charge in [0.1, 0.15) is 0 Å². The topological polar surface area (TPSA) is 12.0 Å². The van der Waals surface area contributed by atoms with Crippen molar-refractivity contribution in [2.45, 2.75) is 45.7 Å². The van der Waals surface area contributed by atoms with Crippen LogP contribution in [-0.2, 0) is 0 Å². The molecule has 0 aliphatic heterocycles. The minimum atomic E-state index is 0.167. The van der Waals surface area contributed by atoms with Gasteiger partial charge in [0.25, 0.3) is 0 Å². The van der Waals surface area contributed by atoms with Crippen LogP contribution in [0.15, 0.2) is 24.8 Å². The summed E-state index contributed by atoms with van der Waals surface area (Å²) in [4.78, 5) is 0. The van der Waals surface area contributed by atoms with Gasteiger partial charge in [-0.2, -0.15) is 0 Å². The molecule has 0 amide bonds. The molecule has 0 heterocycles. The van der Waals surface area contributed by atoms with Gasteiger partial charge in [0.2, 0.25) is 0 Å². The van der Waals surface area contributed by atoms with Crippen LogP contribution in [0, 0.1) is 0 Å². The Morgan fingerprint density at radius 3 is 2.33 bits per heavy atom. The van der Waals surface area contributed by atoms with Crippen LogP contribution in [0.5, 0.6) is 0 Å². The Kier molecular flexibility index (Phi) is 4.91. The first-order chi connectivity index (χ1) is 5.49. The van der Waals surface area contributed by atoms with Crippen molar-refractivity contribution in [3.8, 4) is 0 Å². The van der Waals surface area contributed by atoms with Crippen LogP contribution in [-0.4, -0.2) is 11.6 Å². The lowest BCUT2D eigenvalue weighted by atomic mass is 10.1. The number of allylic oxidation sites excluding steroid dienone is 1. The predicted molar refractivity (Wildman–Crippen MR) is 56.3 cm³/mol. The fourth-order valence-electron chi connectivity index (χ4n) is 1.05. The molecule has 0 aromatic carbocycles. The van der Waals surface area contributed by atoms with Crippen molar-refractivity contribution >= 4 is 0 Å². The van der Waals surface area contributed by atoms with Gasteiger partial charge in [0.15, 0.2) is 0 Å². The minimum Gasteiger partial charge on any atom is -0.306 e. The molecule has 0 fully saturated rings. The molecule has 1 nitrogen and oxygen atoms in total. The van der Waals surface area contributed by atoms with E-state index in [1.165, 1.54) is 0 Å². The van der Waals surface area contributed by atoms with Crippen LogP contribution in [0.4, 0.5) is 0 Å². The molecule has 0 bridgehead atoms. The van der Waals surface area contributed by atoms with Crippen molar-refractivity contribution in [3.63, 3.8) is 0 Å². The fourth-order valence-corrected chi connectivity index (χ4v) is 1.05. The molecule has 70 valence electrons. The number of hydrogen-bond acceptors (Lipinski definition) is 1. The quantitative estimate of drug-likeness (QED) is 0.635. The molecule has 1 heteroatoms. The van der Waals surface area contributed by atoms with Crippen LogP contribution < -0.4 is 5.32 Å². The van der Waals surface area contributed by atoms with E-state index in [1.807, 2.05) is 13.0 Å². The molecule has 1 atom stereocenters. The zero-order valence-corrected chi connectivity index (χ0v) is 8.72. The average Bonchev–Trinajstić information content (AvgIpc) is 1.95. The van der Waals surface area contributed by atoms with Crippen molar-refractivity contribution in [2.75, 3.05) is 0 Å². The third-order valence-corrected chi connectivity index (χ3v) is 1.53. The predicted octanol–water partition coefficient (Wildman–Crippen LogP) is 2.90. The zero-order chi connectivity index (χ0) is 9.61. The summed E-state index contributed by atoms with van der Waals surface area (Å²) in [7, 11) is 0. The molecule has 0 saturated carbocycles. The summed E-state index contributed by atoms with van der Waals surface area (Å²) in [5.74, 6) is 0. The van der Waals surface area contributed by atoms with E-state index in [2.05, 4.69) is 44.8 Å². The molecular weight excluding hydrogens is 146 g/mol. The summed E-state index contributed by atoms with van der Waals surface area (Å²) in [5.41, 5.74) is 0.167. The third-order valence-electron chi connectivity index (χ3n) is 1.53. The highest BCUT2D eigenvalue weighted by molar-refractivity contribution is 4.95. The molecule has 0 rings (SSSR count). The maximum Gasteiger partial charge on any atom is 0.0286 e. The van der Waals surface area contributed by atoms with Gasteiger partial charge in [-0.15, -0.1) is 6.58 Å². The van der Waals surface area contributed by atoms with E-state index in [4.69, 9.17) is 0 Å². The molecular formula is C11H21N. The Morgan fingerprint density at radius 2 is 2.00 bits per heavy atom. The summed E-state index contributed by atoms with van der Waals surface area (Å²) in [6.07, 6.45) is 7.22. The van der Waals surface area contributed by atoms with E-state index in [0.29, 0.717) is 6.04 Å².